The summed E-state index contributed by atoms with van der Waals surface area (Å²) < 4.78 is 14.5. The number of hydrogen-bond acceptors (Lipinski definition) is 5. The van der Waals surface area contributed by atoms with Crippen molar-refractivity contribution in [3.63, 3.8) is 0 Å². The van der Waals surface area contributed by atoms with Gasteiger partial charge in [0.25, 0.3) is 5.91 Å². The summed E-state index contributed by atoms with van der Waals surface area (Å²) in [5.74, 6) is 0.265. The van der Waals surface area contributed by atoms with Crippen LogP contribution >= 0.6 is 11.6 Å². The number of amides is 1. The molecule has 1 aliphatic rings. The lowest BCUT2D eigenvalue weighted by molar-refractivity contribution is 0.0950. The first kappa shape index (κ1) is 27.8. The highest BCUT2D eigenvalue weighted by Crippen LogP contribution is 2.35. The van der Waals surface area contributed by atoms with Crippen LogP contribution in [0.15, 0.2) is 91.4 Å². The number of nitrogens with one attached hydrogen (secondary N) is 2. The van der Waals surface area contributed by atoms with Crippen LogP contribution in [0.5, 0.6) is 0 Å². The lowest BCUT2D eigenvalue weighted by atomic mass is 9.90. The molecule has 5 aromatic rings. The molecule has 212 valence electrons. The maximum Gasteiger partial charge on any atom is 0.251 e. The first-order valence-electron chi connectivity index (χ1n) is 14.0. The van der Waals surface area contributed by atoms with Gasteiger partial charge in [-0.3, -0.25) is 14.7 Å². The van der Waals surface area contributed by atoms with Gasteiger partial charge in [0.2, 0.25) is 0 Å². The molecular weight excluding hydrogens is 551 g/mol. The SMILES string of the molecule is O=C(NCc1cccc(CN(Cc2ncc(-c3ccccc3F)[nH]2)C2CCCc3cccnc32)c1)c1ccnc(Cl)c1. The van der Waals surface area contributed by atoms with Crippen molar-refractivity contribution in [2.45, 2.75) is 44.9 Å². The number of rotatable bonds is 9. The van der Waals surface area contributed by atoms with Crippen molar-refractivity contribution in [2.75, 3.05) is 0 Å². The normalized spacial score (nSPS) is 14.5. The topological polar surface area (TPSA) is 86.8 Å². The predicted octanol–water partition coefficient (Wildman–Crippen LogP) is 6.67. The van der Waals surface area contributed by atoms with E-state index in [1.54, 1.807) is 30.5 Å². The molecule has 1 atom stereocenters. The van der Waals surface area contributed by atoms with E-state index in [9.17, 15) is 9.18 Å². The van der Waals surface area contributed by atoms with E-state index in [0.29, 0.717) is 36.5 Å². The number of benzene rings is 2. The molecule has 2 aromatic carbocycles. The Balaban J connectivity index is 1.23. The number of aryl methyl sites for hydroxylation is 1. The molecular formula is C33H30ClFN6O. The molecule has 0 saturated carbocycles. The van der Waals surface area contributed by atoms with E-state index in [1.807, 2.05) is 30.5 Å². The van der Waals surface area contributed by atoms with Crippen LogP contribution < -0.4 is 5.32 Å². The predicted molar refractivity (Wildman–Crippen MR) is 160 cm³/mol. The highest BCUT2D eigenvalue weighted by molar-refractivity contribution is 6.29. The van der Waals surface area contributed by atoms with E-state index < -0.39 is 0 Å². The molecule has 0 aliphatic heterocycles. The van der Waals surface area contributed by atoms with Crippen molar-refractivity contribution in [1.82, 2.24) is 30.2 Å². The number of carbonyl (C=O) groups is 1. The average Bonchev–Trinajstić information content (AvgIpc) is 3.48. The maximum atomic E-state index is 14.5. The Bertz CT molecular complexity index is 1710. The molecule has 2 N–H and O–H groups in total. The van der Waals surface area contributed by atoms with Gasteiger partial charge in [-0.2, -0.15) is 0 Å². The fraction of sp³-hybridized carbons (Fsp3) is 0.212. The van der Waals surface area contributed by atoms with E-state index in [0.717, 1.165) is 41.9 Å². The molecule has 1 aliphatic carbocycles. The monoisotopic (exact) mass is 580 g/mol. The summed E-state index contributed by atoms with van der Waals surface area (Å²) in [4.78, 5) is 31.7. The van der Waals surface area contributed by atoms with Crippen LogP contribution in [0.1, 0.15) is 57.5 Å². The third kappa shape index (κ3) is 6.40. The van der Waals surface area contributed by atoms with Crippen molar-refractivity contribution in [2.24, 2.45) is 0 Å². The first-order chi connectivity index (χ1) is 20.5. The van der Waals surface area contributed by atoms with Gasteiger partial charge in [-0.25, -0.2) is 14.4 Å². The lowest BCUT2D eigenvalue weighted by Gasteiger charge is -2.34. The number of fused-ring (bicyclic) bond motifs is 1. The first-order valence-corrected chi connectivity index (χ1v) is 14.4. The summed E-state index contributed by atoms with van der Waals surface area (Å²) in [6.45, 7) is 1.57. The Labute approximate surface area is 248 Å². The van der Waals surface area contributed by atoms with Gasteiger partial charge in [0.15, 0.2) is 0 Å². The van der Waals surface area contributed by atoms with Crippen molar-refractivity contribution in [3.05, 3.63) is 136 Å². The van der Waals surface area contributed by atoms with E-state index in [2.05, 4.69) is 43.4 Å². The summed E-state index contributed by atoms with van der Waals surface area (Å²) in [6.07, 6.45) is 8.14. The number of imidazole rings is 1. The van der Waals surface area contributed by atoms with Crippen LogP contribution in [0.3, 0.4) is 0 Å². The summed E-state index contributed by atoms with van der Waals surface area (Å²) in [7, 11) is 0. The van der Waals surface area contributed by atoms with Gasteiger partial charge in [0, 0.05) is 36.6 Å². The maximum absolute atomic E-state index is 14.5. The fourth-order valence-corrected chi connectivity index (χ4v) is 5.74. The summed E-state index contributed by atoms with van der Waals surface area (Å²) in [6, 6.07) is 22.4. The van der Waals surface area contributed by atoms with Gasteiger partial charge in [0.05, 0.1) is 30.2 Å². The smallest absolute Gasteiger partial charge is 0.251 e. The standard InChI is InChI=1S/C33H30ClFN6O/c34-30-17-25(13-15-36-30)33(42)39-18-22-6-3-7-23(16-22)20-41(29-12-4-8-24-9-5-14-37-32(24)29)21-31-38-19-28(40-31)26-10-1-2-11-27(26)35/h1-3,5-7,9-11,13-17,19,29H,4,8,12,18,20-21H2,(H,38,40)(H,39,42). The number of aromatic nitrogens is 4. The molecule has 0 spiro atoms. The quantitative estimate of drug-likeness (QED) is 0.190. The fourth-order valence-electron chi connectivity index (χ4n) is 5.57. The highest BCUT2D eigenvalue weighted by Gasteiger charge is 2.28. The van der Waals surface area contributed by atoms with E-state index in [-0.39, 0.29) is 22.9 Å². The molecule has 0 bridgehead atoms. The number of carbonyl (C=O) groups excluding carboxylic acids is 1. The summed E-state index contributed by atoms with van der Waals surface area (Å²) >= 11 is 5.94. The third-order valence-corrected chi connectivity index (χ3v) is 7.78. The molecule has 1 amide bonds. The van der Waals surface area contributed by atoms with Crippen molar-refractivity contribution in [1.29, 1.82) is 0 Å². The highest BCUT2D eigenvalue weighted by atomic mass is 35.5. The van der Waals surface area contributed by atoms with Gasteiger partial charge in [-0.05, 0) is 66.3 Å². The second kappa shape index (κ2) is 12.6. The molecule has 42 heavy (non-hydrogen) atoms. The van der Waals surface area contributed by atoms with Crippen LogP contribution in [0.25, 0.3) is 11.3 Å². The summed E-state index contributed by atoms with van der Waals surface area (Å²) in [5.41, 5.74) is 6.09. The Morgan fingerprint density at radius 3 is 2.74 bits per heavy atom. The Morgan fingerprint density at radius 2 is 1.86 bits per heavy atom. The zero-order valence-electron chi connectivity index (χ0n) is 22.9. The Kier molecular flexibility index (Phi) is 8.35. The molecule has 6 rings (SSSR count). The van der Waals surface area contributed by atoms with Crippen molar-refractivity contribution < 1.29 is 9.18 Å². The zero-order chi connectivity index (χ0) is 28.9. The van der Waals surface area contributed by atoms with Crippen molar-refractivity contribution >= 4 is 17.5 Å². The minimum absolute atomic E-state index is 0.108. The largest absolute Gasteiger partial charge is 0.348 e. The van der Waals surface area contributed by atoms with E-state index in [4.69, 9.17) is 16.6 Å². The van der Waals surface area contributed by atoms with Gasteiger partial charge in [-0.1, -0.05) is 54.1 Å². The molecule has 9 heteroatoms. The van der Waals surface area contributed by atoms with Crippen molar-refractivity contribution in [3.8, 4) is 11.3 Å². The average molecular weight is 581 g/mol. The molecule has 3 aromatic heterocycles. The lowest BCUT2D eigenvalue weighted by Crippen LogP contribution is -2.32. The van der Waals surface area contributed by atoms with Gasteiger partial charge < -0.3 is 10.3 Å². The minimum Gasteiger partial charge on any atom is -0.348 e. The Hall–Kier alpha value is -4.40. The van der Waals surface area contributed by atoms with Crippen LogP contribution in [-0.2, 0) is 26.1 Å². The third-order valence-electron chi connectivity index (χ3n) is 7.57. The van der Waals surface area contributed by atoms with Gasteiger partial charge in [-0.15, -0.1) is 0 Å². The number of halogens is 2. The van der Waals surface area contributed by atoms with Crippen LogP contribution in [0.2, 0.25) is 5.15 Å². The summed E-state index contributed by atoms with van der Waals surface area (Å²) in [5, 5.41) is 3.25. The van der Waals surface area contributed by atoms with Crippen LogP contribution in [0.4, 0.5) is 4.39 Å². The molecule has 0 fully saturated rings. The molecule has 0 radical (unpaired) electrons. The Morgan fingerprint density at radius 1 is 0.976 bits per heavy atom. The molecule has 7 nitrogen and oxygen atoms in total. The second-order valence-electron chi connectivity index (χ2n) is 10.5. The molecule has 0 saturated heterocycles. The van der Waals surface area contributed by atoms with Crippen LogP contribution in [0, 0.1) is 5.82 Å². The van der Waals surface area contributed by atoms with Gasteiger partial charge in [0.1, 0.15) is 16.8 Å². The number of pyridine rings is 2. The van der Waals surface area contributed by atoms with E-state index >= 15 is 0 Å². The molecule has 1 unspecified atom stereocenters. The molecule has 3 heterocycles. The number of aromatic amines is 1. The van der Waals surface area contributed by atoms with Gasteiger partial charge >= 0.3 is 0 Å². The number of hydrogen-bond donors (Lipinski definition) is 2. The minimum atomic E-state index is -0.286. The number of H-pyrrole nitrogens is 1. The number of nitrogens with zero attached hydrogens (tertiary/aromatic N) is 4. The second-order valence-corrected chi connectivity index (χ2v) is 10.8. The van der Waals surface area contributed by atoms with E-state index in [1.165, 1.54) is 17.8 Å². The zero-order valence-corrected chi connectivity index (χ0v) is 23.7. The van der Waals surface area contributed by atoms with Crippen LogP contribution in [-0.4, -0.2) is 30.7 Å².